The number of ether oxygens (including phenoxy) is 2. The lowest BCUT2D eigenvalue weighted by molar-refractivity contribution is -0.131. The molecule has 0 saturated carbocycles. The number of phenols is 1. The Bertz CT molecular complexity index is 924. The molecule has 0 bridgehead atoms. The maximum Gasteiger partial charge on any atom is 0.407 e. The lowest BCUT2D eigenvalue weighted by Crippen LogP contribution is -2.50. The highest BCUT2D eigenvalue weighted by Gasteiger charge is 2.27. The molecule has 0 aromatic heterocycles. The average Bonchev–Trinajstić information content (AvgIpc) is 2.72. The monoisotopic (exact) mass is 440 g/mol. The quantitative estimate of drug-likeness (QED) is 0.708. The minimum Gasteiger partial charge on any atom is -0.508 e. The summed E-state index contributed by atoms with van der Waals surface area (Å²) in [5, 5.41) is 12.8. The Hall–Kier alpha value is -3.22. The Kier molecular flexibility index (Phi) is 7.62. The molecule has 172 valence electrons. The van der Waals surface area contributed by atoms with Crippen LogP contribution in [0.1, 0.15) is 44.7 Å². The number of amides is 2. The molecule has 2 amide bonds. The second kappa shape index (κ2) is 10.4. The van der Waals surface area contributed by atoms with Crippen molar-refractivity contribution in [2.45, 2.75) is 58.3 Å². The number of nitrogens with one attached hydrogen (secondary N) is 1. The first-order chi connectivity index (χ1) is 15.2. The Morgan fingerprint density at radius 2 is 1.91 bits per heavy atom. The normalized spacial score (nSPS) is 16.3. The molecule has 2 N–H and O–H groups in total. The number of hydrogen-bond acceptors (Lipinski definition) is 5. The van der Waals surface area contributed by atoms with Crippen molar-refractivity contribution in [3.8, 4) is 11.5 Å². The van der Waals surface area contributed by atoms with Crippen LogP contribution in [0.3, 0.4) is 0 Å². The molecule has 7 nitrogen and oxygen atoms in total. The maximum atomic E-state index is 13.0. The number of rotatable bonds is 6. The van der Waals surface area contributed by atoms with E-state index in [9.17, 15) is 14.7 Å². The third-order valence-electron chi connectivity index (χ3n) is 5.12. The van der Waals surface area contributed by atoms with Crippen molar-refractivity contribution in [3.63, 3.8) is 0 Å². The van der Waals surface area contributed by atoms with Crippen molar-refractivity contribution in [2.24, 2.45) is 0 Å². The van der Waals surface area contributed by atoms with Crippen molar-refractivity contribution < 1.29 is 24.2 Å². The third-order valence-corrected chi connectivity index (χ3v) is 5.12. The van der Waals surface area contributed by atoms with Gasteiger partial charge in [-0.05, 0) is 57.4 Å². The summed E-state index contributed by atoms with van der Waals surface area (Å²) in [6.07, 6.45) is 1.23. The van der Waals surface area contributed by atoms with Crippen LogP contribution in [0.5, 0.6) is 11.5 Å². The lowest BCUT2D eigenvalue weighted by Gasteiger charge is -2.33. The van der Waals surface area contributed by atoms with E-state index in [1.165, 1.54) is 0 Å². The Labute approximate surface area is 189 Å². The fourth-order valence-electron chi connectivity index (χ4n) is 3.65. The van der Waals surface area contributed by atoms with Gasteiger partial charge in [-0.25, -0.2) is 4.79 Å². The van der Waals surface area contributed by atoms with Crippen LogP contribution >= 0.6 is 0 Å². The number of aromatic hydroxyl groups is 1. The molecule has 1 aliphatic rings. The van der Waals surface area contributed by atoms with Gasteiger partial charge >= 0.3 is 6.09 Å². The molecule has 2 aromatic rings. The first-order valence-electron chi connectivity index (χ1n) is 11.0. The van der Waals surface area contributed by atoms with Crippen molar-refractivity contribution in [2.75, 3.05) is 13.1 Å². The fourth-order valence-corrected chi connectivity index (χ4v) is 3.65. The average molecular weight is 441 g/mol. The Morgan fingerprint density at radius 3 is 2.62 bits per heavy atom. The molecular formula is C25H32N2O5. The topological polar surface area (TPSA) is 88.1 Å². The molecule has 32 heavy (non-hydrogen) atoms. The summed E-state index contributed by atoms with van der Waals surface area (Å²) < 4.78 is 11.3. The minimum atomic E-state index is -0.570. The van der Waals surface area contributed by atoms with Crippen molar-refractivity contribution >= 4 is 12.0 Å². The second-order valence-corrected chi connectivity index (χ2v) is 9.07. The lowest BCUT2D eigenvalue weighted by atomic mass is 10.0. The van der Waals surface area contributed by atoms with Crippen LogP contribution in [0.2, 0.25) is 0 Å². The van der Waals surface area contributed by atoms with Gasteiger partial charge < -0.3 is 24.8 Å². The highest BCUT2D eigenvalue weighted by Crippen LogP contribution is 2.26. The largest absolute Gasteiger partial charge is 0.508 e. The summed E-state index contributed by atoms with van der Waals surface area (Å²) >= 11 is 0. The highest BCUT2D eigenvalue weighted by molar-refractivity contribution is 5.80. The Balaban J connectivity index is 1.61. The van der Waals surface area contributed by atoms with E-state index in [4.69, 9.17) is 9.47 Å². The molecule has 0 radical (unpaired) electrons. The van der Waals surface area contributed by atoms with Crippen LogP contribution in [0.4, 0.5) is 4.79 Å². The van der Waals surface area contributed by atoms with Gasteiger partial charge in [0, 0.05) is 24.7 Å². The molecule has 1 atom stereocenters. The van der Waals surface area contributed by atoms with Crippen LogP contribution in [0.25, 0.3) is 0 Å². The highest BCUT2D eigenvalue weighted by atomic mass is 16.6. The van der Waals surface area contributed by atoms with Gasteiger partial charge in [-0.2, -0.15) is 0 Å². The molecule has 1 aliphatic heterocycles. The third kappa shape index (κ3) is 7.18. The molecule has 0 spiro atoms. The molecular weight excluding hydrogens is 408 g/mol. The molecule has 3 rings (SSSR count). The van der Waals surface area contributed by atoms with E-state index in [1.807, 2.05) is 51.1 Å². The summed E-state index contributed by atoms with van der Waals surface area (Å²) in [5.74, 6) is 0.583. The van der Waals surface area contributed by atoms with E-state index < -0.39 is 11.7 Å². The molecule has 1 heterocycles. The van der Waals surface area contributed by atoms with Crippen molar-refractivity contribution in [1.82, 2.24) is 10.2 Å². The zero-order chi connectivity index (χ0) is 23.1. The standard InChI is InChI=1S/C25H32N2O5/c1-25(2,3)32-24(30)26-20-10-7-13-27(16-20)23(29)15-19-14-21(28)11-12-22(19)31-17-18-8-5-4-6-9-18/h4-6,8-9,11-12,14,20,28H,7,10,13,15-17H2,1-3H3,(H,26,30). The number of carbonyl (C=O) groups is 2. The van der Waals surface area contributed by atoms with E-state index >= 15 is 0 Å². The second-order valence-electron chi connectivity index (χ2n) is 9.07. The predicted molar refractivity (Wildman–Crippen MR) is 122 cm³/mol. The number of likely N-dealkylation sites (tertiary alicyclic amines) is 1. The van der Waals surface area contributed by atoms with E-state index in [0.29, 0.717) is 31.0 Å². The van der Waals surface area contributed by atoms with Crippen LogP contribution < -0.4 is 10.1 Å². The van der Waals surface area contributed by atoms with Crippen molar-refractivity contribution in [3.05, 3.63) is 59.7 Å². The molecule has 7 heteroatoms. The van der Waals surface area contributed by atoms with E-state index in [-0.39, 0.29) is 24.1 Å². The molecule has 1 saturated heterocycles. The van der Waals surface area contributed by atoms with Gasteiger partial charge in [-0.1, -0.05) is 30.3 Å². The summed E-state index contributed by atoms with van der Waals surface area (Å²) in [4.78, 5) is 26.8. The first-order valence-corrected chi connectivity index (χ1v) is 11.0. The van der Waals surface area contributed by atoms with E-state index in [1.54, 1.807) is 23.1 Å². The molecule has 2 aromatic carbocycles. The number of alkyl carbamates (subject to hydrolysis) is 1. The zero-order valence-electron chi connectivity index (χ0n) is 19.0. The van der Waals surface area contributed by atoms with E-state index in [2.05, 4.69) is 5.32 Å². The van der Waals surface area contributed by atoms with Gasteiger partial charge in [0.15, 0.2) is 0 Å². The molecule has 0 aliphatic carbocycles. The number of phenolic OH excluding ortho intramolecular Hbond substituents is 1. The molecule has 1 fully saturated rings. The molecule has 1 unspecified atom stereocenters. The van der Waals surface area contributed by atoms with E-state index in [0.717, 1.165) is 18.4 Å². The predicted octanol–water partition coefficient (Wildman–Crippen LogP) is 4.03. The van der Waals surface area contributed by atoms with Crippen LogP contribution in [-0.4, -0.2) is 46.7 Å². The van der Waals surface area contributed by atoms with Gasteiger partial charge in [0.2, 0.25) is 5.91 Å². The minimum absolute atomic E-state index is 0.0733. The summed E-state index contributed by atoms with van der Waals surface area (Å²) in [6, 6.07) is 14.4. The number of carbonyl (C=O) groups excluding carboxylic acids is 2. The number of nitrogens with zero attached hydrogens (tertiary/aromatic N) is 1. The van der Waals surface area contributed by atoms with Gasteiger partial charge in [-0.3, -0.25) is 4.79 Å². The smallest absolute Gasteiger partial charge is 0.407 e. The van der Waals surface area contributed by atoms with Gasteiger partial charge in [-0.15, -0.1) is 0 Å². The van der Waals surface area contributed by atoms with Gasteiger partial charge in [0.05, 0.1) is 6.42 Å². The fraction of sp³-hybridized carbons (Fsp3) is 0.440. The zero-order valence-corrected chi connectivity index (χ0v) is 19.0. The number of hydrogen-bond donors (Lipinski definition) is 2. The van der Waals surface area contributed by atoms with Gasteiger partial charge in [0.25, 0.3) is 0 Å². The van der Waals surface area contributed by atoms with Crippen LogP contribution in [-0.2, 0) is 22.6 Å². The summed E-state index contributed by atoms with van der Waals surface area (Å²) in [6.45, 7) is 6.88. The van der Waals surface area contributed by atoms with Gasteiger partial charge in [0.1, 0.15) is 23.7 Å². The Morgan fingerprint density at radius 1 is 1.16 bits per heavy atom. The van der Waals surface area contributed by atoms with Crippen molar-refractivity contribution in [1.29, 1.82) is 0 Å². The SMILES string of the molecule is CC(C)(C)OC(=O)NC1CCCN(C(=O)Cc2cc(O)ccc2OCc2ccccc2)C1. The van der Waals surface area contributed by atoms with Crippen LogP contribution in [0, 0.1) is 0 Å². The maximum absolute atomic E-state index is 13.0. The summed E-state index contributed by atoms with van der Waals surface area (Å²) in [5.41, 5.74) is 1.08. The first kappa shape index (κ1) is 23.4. The van der Waals surface area contributed by atoms with Crippen LogP contribution in [0.15, 0.2) is 48.5 Å². The number of piperidine rings is 1. The summed E-state index contributed by atoms with van der Waals surface area (Å²) in [7, 11) is 0. The number of benzene rings is 2.